The molecule has 0 unspecified atom stereocenters. The van der Waals surface area contributed by atoms with E-state index in [1.807, 2.05) is 0 Å². The van der Waals surface area contributed by atoms with Crippen LogP contribution in [0.4, 0.5) is 0 Å². The summed E-state index contributed by atoms with van der Waals surface area (Å²) in [5.41, 5.74) is 0.701. The number of aromatic carboxylic acids is 1. The minimum atomic E-state index is -1.14. The Morgan fingerprint density at radius 1 is 0.963 bits per heavy atom. The second-order valence-electron chi connectivity index (χ2n) is 6.40. The number of carboxylic acid groups (broad SMARTS) is 1. The lowest BCUT2D eigenvalue weighted by Gasteiger charge is -2.32. The maximum Gasteiger partial charge on any atom is 0.336 e. The molecule has 0 spiro atoms. The Hall–Kier alpha value is -2.86. The standard InChI is InChI=1S/C20H19ClN2O4/c21-14-7-5-13(6-8-14)19(25)23-11-9-15(10-12-23)22-18(24)16-3-1-2-4-17(16)20(26)27/h1-8,15H,9-12H2,(H,22,24)(H,26,27). The Morgan fingerprint density at radius 3 is 2.15 bits per heavy atom. The van der Waals surface area contributed by atoms with Crippen LogP contribution < -0.4 is 5.32 Å². The molecule has 0 atom stereocenters. The Morgan fingerprint density at radius 2 is 1.56 bits per heavy atom. The molecular weight excluding hydrogens is 368 g/mol. The fraction of sp³-hybridized carbons (Fsp3) is 0.250. The maximum absolute atomic E-state index is 12.5. The summed E-state index contributed by atoms with van der Waals surface area (Å²) in [6, 6.07) is 12.8. The molecule has 3 rings (SSSR count). The van der Waals surface area contributed by atoms with E-state index < -0.39 is 11.9 Å². The van der Waals surface area contributed by atoms with Crippen LogP contribution in [0.5, 0.6) is 0 Å². The quantitative estimate of drug-likeness (QED) is 0.845. The third-order valence-electron chi connectivity index (χ3n) is 4.61. The minimum Gasteiger partial charge on any atom is -0.478 e. The molecule has 140 valence electrons. The SMILES string of the molecule is O=C(O)c1ccccc1C(=O)NC1CCN(C(=O)c2ccc(Cl)cc2)CC1. The molecule has 7 heteroatoms. The molecule has 2 amide bonds. The third-order valence-corrected chi connectivity index (χ3v) is 4.86. The van der Waals surface area contributed by atoms with Crippen LogP contribution in [0.2, 0.25) is 5.02 Å². The van der Waals surface area contributed by atoms with Gasteiger partial charge in [-0.2, -0.15) is 0 Å². The van der Waals surface area contributed by atoms with Crippen molar-refractivity contribution in [2.75, 3.05) is 13.1 Å². The number of likely N-dealkylation sites (tertiary alicyclic amines) is 1. The van der Waals surface area contributed by atoms with Crippen molar-refractivity contribution < 1.29 is 19.5 Å². The first-order valence-electron chi connectivity index (χ1n) is 8.63. The van der Waals surface area contributed by atoms with Gasteiger partial charge in [0.25, 0.3) is 11.8 Å². The summed E-state index contributed by atoms with van der Waals surface area (Å²) in [7, 11) is 0. The number of hydrogen-bond acceptors (Lipinski definition) is 3. The smallest absolute Gasteiger partial charge is 0.336 e. The van der Waals surface area contributed by atoms with Crippen LogP contribution in [-0.4, -0.2) is 46.9 Å². The molecule has 1 aliphatic rings. The molecule has 2 aromatic rings. The molecule has 0 saturated carbocycles. The lowest BCUT2D eigenvalue weighted by atomic mass is 10.0. The predicted octanol–water partition coefficient (Wildman–Crippen LogP) is 3.07. The van der Waals surface area contributed by atoms with Crippen molar-refractivity contribution in [2.24, 2.45) is 0 Å². The number of nitrogens with one attached hydrogen (secondary N) is 1. The number of piperidine rings is 1. The first-order valence-corrected chi connectivity index (χ1v) is 9.01. The van der Waals surface area contributed by atoms with E-state index in [2.05, 4.69) is 5.32 Å². The highest BCUT2D eigenvalue weighted by Crippen LogP contribution is 2.17. The van der Waals surface area contributed by atoms with Crippen molar-refractivity contribution in [3.8, 4) is 0 Å². The molecule has 0 aliphatic carbocycles. The number of benzene rings is 2. The van der Waals surface area contributed by atoms with Gasteiger partial charge in [-0.3, -0.25) is 9.59 Å². The van der Waals surface area contributed by atoms with E-state index in [0.29, 0.717) is 36.5 Å². The van der Waals surface area contributed by atoms with Crippen LogP contribution in [0.1, 0.15) is 43.9 Å². The first kappa shape index (κ1) is 18.9. The number of nitrogens with zero attached hydrogens (tertiary/aromatic N) is 1. The van der Waals surface area contributed by atoms with Gasteiger partial charge in [-0.25, -0.2) is 4.79 Å². The number of amides is 2. The monoisotopic (exact) mass is 386 g/mol. The molecule has 0 bridgehead atoms. The minimum absolute atomic E-state index is 0.0228. The van der Waals surface area contributed by atoms with Crippen LogP contribution in [0, 0.1) is 0 Å². The summed E-state index contributed by atoms with van der Waals surface area (Å²) in [4.78, 5) is 38.0. The van der Waals surface area contributed by atoms with Crippen molar-refractivity contribution in [1.29, 1.82) is 0 Å². The van der Waals surface area contributed by atoms with Gasteiger partial charge >= 0.3 is 5.97 Å². The zero-order chi connectivity index (χ0) is 19.4. The fourth-order valence-electron chi connectivity index (χ4n) is 3.13. The average molecular weight is 387 g/mol. The Labute approximate surface area is 161 Å². The highest BCUT2D eigenvalue weighted by molar-refractivity contribution is 6.30. The Kier molecular flexibility index (Phi) is 5.76. The number of carbonyl (C=O) groups is 3. The van der Waals surface area contributed by atoms with Crippen LogP contribution >= 0.6 is 11.6 Å². The number of rotatable bonds is 4. The van der Waals surface area contributed by atoms with Gasteiger partial charge < -0.3 is 15.3 Å². The lowest BCUT2D eigenvalue weighted by molar-refractivity contribution is 0.0675. The van der Waals surface area contributed by atoms with Gasteiger partial charge in [-0.05, 0) is 49.2 Å². The van der Waals surface area contributed by atoms with Gasteiger partial charge in [0.15, 0.2) is 0 Å². The zero-order valence-electron chi connectivity index (χ0n) is 14.5. The van der Waals surface area contributed by atoms with Gasteiger partial charge in [-0.15, -0.1) is 0 Å². The molecular formula is C20H19ClN2O4. The van der Waals surface area contributed by atoms with Crippen LogP contribution in [0.15, 0.2) is 48.5 Å². The van der Waals surface area contributed by atoms with Gasteiger partial charge in [-0.1, -0.05) is 23.7 Å². The van der Waals surface area contributed by atoms with E-state index in [1.54, 1.807) is 41.3 Å². The summed E-state index contributed by atoms with van der Waals surface area (Å²) in [6.07, 6.45) is 1.22. The Bertz CT molecular complexity index is 859. The molecule has 0 aromatic heterocycles. The van der Waals surface area contributed by atoms with Crippen molar-refractivity contribution >= 4 is 29.4 Å². The van der Waals surface area contributed by atoms with E-state index in [9.17, 15) is 19.5 Å². The van der Waals surface area contributed by atoms with Crippen molar-refractivity contribution in [3.05, 3.63) is 70.2 Å². The number of hydrogen-bond donors (Lipinski definition) is 2. The number of carboxylic acids is 1. The maximum atomic E-state index is 12.5. The van der Waals surface area contributed by atoms with Crippen LogP contribution in [0.25, 0.3) is 0 Å². The zero-order valence-corrected chi connectivity index (χ0v) is 15.3. The molecule has 1 aliphatic heterocycles. The van der Waals surface area contributed by atoms with E-state index in [0.717, 1.165) is 0 Å². The van der Waals surface area contributed by atoms with Crippen molar-refractivity contribution in [2.45, 2.75) is 18.9 Å². The molecule has 6 nitrogen and oxygen atoms in total. The molecule has 1 saturated heterocycles. The normalized spacial score (nSPS) is 14.6. The fourth-order valence-corrected chi connectivity index (χ4v) is 3.26. The van der Waals surface area contributed by atoms with Gasteiger partial charge in [0.1, 0.15) is 0 Å². The topological polar surface area (TPSA) is 86.7 Å². The second-order valence-corrected chi connectivity index (χ2v) is 6.83. The molecule has 27 heavy (non-hydrogen) atoms. The van der Waals surface area contributed by atoms with Crippen molar-refractivity contribution in [1.82, 2.24) is 10.2 Å². The largest absolute Gasteiger partial charge is 0.478 e. The first-order chi connectivity index (χ1) is 13.0. The van der Waals surface area contributed by atoms with E-state index in [4.69, 9.17) is 11.6 Å². The molecule has 1 fully saturated rings. The van der Waals surface area contributed by atoms with Gasteiger partial charge in [0, 0.05) is 29.7 Å². The van der Waals surface area contributed by atoms with E-state index >= 15 is 0 Å². The molecule has 1 heterocycles. The highest BCUT2D eigenvalue weighted by atomic mass is 35.5. The van der Waals surface area contributed by atoms with Gasteiger partial charge in [0.2, 0.25) is 0 Å². The molecule has 0 radical (unpaired) electrons. The number of carbonyl (C=O) groups excluding carboxylic acids is 2. The predicted molar refractivity (Wildman–Crippen MR) is 101 cm³/mol. The summed E-state index contributed by atoms with van der Waals surface area (Å²) in [5, 5.41) is 12.7. The summed E-state index contributed by atoms with van der Waals surface area (Å²) in [5.74, 6) is -1.60. The van der Waals surface area contributed by atoms with Crippen LogP contribution in [0.3, 0.4) is 0 Å². The van der Waals surface area contributed by atoms with Crippen molar-refractivity contribution in [3.63, 3.8) is 0 Å². The average Bonchev–Trinajstić information content (AvgIpc) is 2.68. The van der Waals surface area contributed by atoms with Gasteiger partial charge in [0.05, 0.1) is 11.1 Å². The van der Waals surface area contributed by atoms with Crippen LogP contribution in [-0.2, 0) is 0 Å². The lowest BCUT2D eigenvalue weighted by Crippen LogP contribution is -2.46. The highest BCUT2D eigenvalue weighted by Gasteiger charge is 2.26. The van der Waals surface area contributed by atoms with E-state index in [1.165, 1.54) is 12.1 Å². The number of halogens is 1. The third kappa shape index (κ3) is 4.46. The molecule has 2 N–H and O–H groups in total. The second kappa shape index (κ2) is 8.22. The summed E-state index contributed by atoms with van der Waals surface area (Å²) >= 11 is 5.85. The summed E-state index contributed by atoms with van der Waals surface area (Å²) in [6.45, 7) is 1.04. The Balaban J connectivity index is 1.58. The van der Waals surface area contributed by atoms with E-state index in [-0.39, 0.29) is 23.1 Å². The summed E-state index contributed by atoms with van der Waals surface area (Å²) < 4.78 is 0. The molecule has 2 aromatic carbocycles.